The summed E-state index contributed by atoms with van der Waals surface area (Å²) in [6.45, 7) is 7.31. The van der Waals surface area contributed by atoms with Crippen molar-refractivity contribution in [2.24, 2.45) is 11.1 Å². The Morgan fingerprint density at radius 3 is 2.10 bits per heavy atom. The minimum absolute atomic E-state index is 0.452. The summed E-state index contributed by atoms with van der Waals surface area (Å²) < 4.78 is 0. The van der Waals surface area contributed by atoms with Gasteiger partial charge in [0.15, 0.2) is 0 Å². The van der Waals surface area contributed by atoms with Gasteiger partial charge in [-0.15, -0.1) is 0 Å². The van der Waals surface area contributed by atoms with Crippen LogP contribution in [0.2, 0.25) is 0 Å². The number of rotatable bonds is 4. The Kier molecular flexibility index (Phi) is 5.00. The maximum atomic E-state index is 6.15. The Morgan fingerprint density at radius 2 is 1.50 bits per heavy atom. The van der Waals surface area contributed by atoms with E-state index >= 15 is 0 Å². The van der Waals surface area contributed by atoms with Crippen molar-refractivity contribution in [3.8, 4) is 0 Å². The molecule has 2 N–H and O–H groups in total. The smallest absolute Gasteiger partial charge is 0.0113 e. The summed E-state index contributed by atoms with van der Waals surface area (Å²) >= 11 is 0. The molecule has 0 amide bonds. The fourth-order valence-electron chi connectivity index (χ4n) is 4.76. The van der Waals surface area contributed by atoms with E-state index < -0.39 is 0 Å². The zero-order valence-corrected chi connectivity index (χ0v) is 13.2. The van der Waals surface area contributed by atoms with Crippen LogP contribution in [0.4, 0.5) is 0 Å². The molecule has 3 rings (SSSR count). The van der Waals surface area contributed by atoms with Crippen molar-refractivity contribution >= 4 is 0 Å². The average Bonchev–Trinajstić information content (AvgIpc) is 3.03. The fraction of sp³-hybridized carbons (Fsp3) is 1.00. The predicted octanol–water partition coefficient (Wildman–Crippen LogP) is 2.46. The maximum Gasteiger partial charge on any atom is 0.0113 e. The zero-order valence-electron chi connectivity index (χ0n) is 13.2. The highest BCUT2D eigenvalue weighted by Crippen LogP contribution is 2.36. The van der Waals surface area contributed by atoms with Gasteiger partial charge < -0.3 is 10.6 Å². The van der Waals surface area contributed by atoms with Gasteiger partial charge in [-0.3, -0.25) is 4.90 Å². The van der Waals surface area contributed by atoms with Crippen LogP contribution < -0.4 is 5.73 Å². The van der Waals surface area contributed by atoms with Gasteiger partial charge >= 0.3 is 0 Å². The highest BCUT2D eigenvalue weighted by atomic mass is 15.3. The van der Waals surface area contributed by atoms with Gasteiger partial charge in [-0.1, -0.05) is 32.1 Å². The third-order valence-corrected chi connectivity index (χ3v) is 6.15. The summed E-state index contributed by atoms with van der Waals surface area (Å²) in [7, 11) is 0. The third-order valence-electron chi connectivity index (χ3n) is 6.15. The van der Waals surface area contributed by atoms with Crippen molar-refractivity contribution < 1.29 is 0 Å². The van der Waals surface area contributed by atoms with Crippen LogP contribution in [0.3, 0.4) is 0 Å². The minimum atomic E-state index is 0.452. The Morgan fingerprint density at radius 1 is 0.850 bits per heavy atom. The van der Waals surface area contributed by atoms with Crippen LogP contribution in [0.1, 0.15) is 57.8 Å². The van der Waals surface area contributed by atoms with E-state index in [4.69, 9.17) is 5.73 Å². The first-order valence-corrected chi connectivity index (χ1v) is 8.98. The Labute approximate surface area is 124 Å². The molecule has 20 heavy (non-hydrogen) atoms. The maximum absolute atomic E-state index is 6.15. The molecule has 0 bridgehead atoms. The van der Waals surface area contributed by atoms with Crippen LogP contribution in [-0.4, -0.2) is 55.1 Å². The molecule has 1 aliphatic heterocycles. The van der Waals surface area contributed by atoms with Crippen molar-refractivity contribution in [3.05, 3.63) is 0 Å². The van der Waals surface area contributed by atoms with E-state index in [0.29, 0.717) is 5.41 Å². The molecule has 0 unspecified atom stereocenters. The van der Waals surface area contributed by atoms with Crippen LogP contribution in [0.25, 0.3) is 0 Å². The zero-order chi connectivity index (χ0) is 13.8. The Balaban J connectivity index is 1.47. The molecule has 3 heteroatoms. The number of hydrogen-bond acceptors (Lipinski definition) is 3. The van der Waals surface area contributed by atoms with Gasteiger partial charge in [0.2, 0.25) is 0 Å². The van der Waals surface area contributed by atoms with E-state index in [9.17, 15) is 0 Å². The molecule has 116 valence electrons. The Bertz CT molecular complexity index is 285. The first-order valence-electron chi connectivity index (χ1n) is 8.98. The number of hydrogen-bond donors (Lipinski definition) is 1. The summed E-state index contributed by atoms with van der Waals surface area (Å²) in [6.07, 6.45) is 12.8. The van der Waals surface area contributed by atoms with Crippen LogP contribution in [0, 0.1) is 5.41 Å². The lowest BCUT2D eigenvalue weighted by atomic mass is 9.73. The van der Waals surface area contributed by atoms with Crippen molar-refractivity contribution in [1.82, 2.24) is 9.80 Å². The van der Waals surface area contributed by atoms with Crippen molar-refractivity contribution in [2.45, 2.75) is 63.8 Å². The number of nitrogens with zero attached hydrogens (tertiary/aromatic N) is 2. The molecule has 0 aromatic carbocycles. The molecular weight excluding hydrogens is 246 g/mol. The molecule has 0 aromatic rings. The number of nitrogens with two attached hydrogens (primary N) is 1. The van der Waals surface area contributed by atoms with E-state index in [1.54, 1.807) is 0 Å². The summed E-state index contributed by atoms with van der Waals surface area (Å²) in [5.41, 5.74) is 6.60. The molecule has 2 aliphatic carbocycles. The molecule has 0 radical (unpaired) electrons. The average molecular weight is 279 g/mol. The van der Waals surface area contributed by atoms with Gasteiger partial charge in [-0.2, -0.15) is 0 Å². The normalized spacial score (nSPS) is 29.9. The second-order valence-electron chi connectivity index (χ2n) is 7.52. The van der Waals surface area contributed by atoms with E-state index in [-0.39, 0.29) is 0 Å². The van der Waals surface area contributed by atoms with Gasteiger partial charge in [0, 0.05) is 38.8 Å². The molecule has 2 saturated carbocycles. The Hall–Kier alpha value is -0.120. The quantitative estimate of drug-likeness (QED) is 0.858. The number of piperazine rings is 1. The largest absolute Gasteiger partial charge is 0.330 e. The molecule has 3 nitrogen and oxygen atoms in total. The predicted molar refractivity (Wildman–Crippen MR) is 84.8 cm³/mol. The summed E-state index contributed by atoms with van der Waals surface area (Å²) in [5.74, 6) is 0. The van der Waals surface area contributed by atoms with Crippen molar-refractivity contribution in [1.29, 1.82) is 0 Å². The second-order valence-corrected chi connectivity index (χ2v) is 7.52. The van der Waals surface area contributed by atoms with E-state index in [1.807, 2.05) is 0 Å². The molecule has 1 saturated heterocycles. The molecule has 1 heterocycles. The van der Waals surface area contributed by atoms with Crippen LogP contribution in [-0.2, 0) is 0 Å². The van der Waals surface area contributed by atoms with Crippen molar-refractivity contribution in [2.75, 3.05) is 39.3 Å². The van der Waals surface area contributed by atoms with E-state index in [0.717, 1.165) is 12.6 Å². The van der Waals surface area contributed by atoms with Gasteiger partial charge in [0.25, 0.3) is 0 Å². The lowest BCUT2D eigenvalue weighted by Gasteiger charge is -2.44. The van der Waals surface area contributed by atoms with Crippen molar-refractivity contribution in [3.63, 3.8) is 0 Å². The molecule has 0 aromatic heterocycles. The van der Waals surface area contributed by atoms with Gasteiger partial charge in [0.1, 0.15) is 0 Å². The van der Waals surface area contributed by atoms with Gasteiger partial charge in [-0.05, 0) is 37.6 Å². The van der Waals surface area contributed by atoms with Gasteiger partial charge in [-0.25, -0.2) is 0 Å². The second kappa shape index (κ2) is 6.76. The molecule has 0 atom stereocenters. The van der Waals surface area contributed by atoms with Crippen LogP contribution >= 0.6 is 0 Å². The standard InChI is InChI=1S/C17H33N3/c18-14-17(8-4-1-5-9-17)15-19-10-12-20(13-11-19)16-6-2-3-7-16/h16H,1-15,18H2. The molecule has 0 spiro atoms. The highest BCUT2D eigenvalue weighted by Gasteiger charge is 2.34. The van der Waals surface area contributed by atoms with Crippen LogP contribution in [0.5, 0.6) is 0 Å². The topological polar surface area (TPSA) is 32.5 Å². The monoisotopic (exact) mass is 279 g/mol. The summed E-state index contributed by atoms with van der Waals surface area (Å²) in [4.78, 5) is 5.48. The molecule has 3 fully saturated rings. The minimum Gasteiger partial charge on any atom is -0.330 e. The molecule has 3 aliphatic rings. The van der Waals surface area contributed by atoms with Crippen LogP contribution in [0.15, 0.2) is 0 Å². The van der Waals surface area contributed by atoms with E-state index in [2.05, 4.69) is 9.80 Å². The lowest BCUT2D eigenvalue weighted by molar-refractivity contribution is 0.0515. The van der Waals surface area contributed by atoms with E-state index in [1.165, 1.54) is 90.5 Å². The summed E-state index contributed by atoms with van der Waals surface area (Å²) in [6, 6.07) is 0.912. The molecular formula is C17H33N3. The summed E-state index contributed by atoms with van der Waals surface area (Å²) in [5, 5.41) is 0. The fourth-order valence-corrected chi connectivity index (χ4v) is 4.76. The first kappa shape index (κ1) is 14.8. The van der Waals surface area contributed by atoms with Gasteiger partial charge in [0.05, 0.1) is 0 Å². The lowest BCUT2D eigenvalue weighted by Crippen LogP contribution is -2.53. The SMILES string of the molecule is NCC1(CN2CCN(C3CCCC3)CC2)CCCCC1. The third kappa shape index (κ3) is 3.37. The highest BCUT2D eigenvalue weighted by molar-refractivity contribution is 4.89. The first-order chi connectivity index (χ1) is 9.81.